The first-order valence-corrected chi connectivity index (χ1v) is 10.0. The van der Waals surface area contributed by atoms with Crippen molar-refractivity contribution in [2.75, 3.05) is 0 Å². The van der Waals surface area contributed by atoms with Crippen molar-refractivity contribution >= 4 is 28.7 Å². The molecule has 0 bridgehead atoms. The molecule has 4 aromatic rings. The lowest BCUT2D eigenvalue weighted by Gasteiger charge is -1.99. The van der Waals surface area contributed by atoms with Gasteiger partial charge in [0, 0.05) is 14.6 Å². The SMILES string of the molecule is [C-]#[N+]/C(C)=C\c1ccc(-c2ccc(-c3cn(Cc4ccccc4)nn3)s2)s1. The number of aromatic nitrogens is 3. The van der Waals surface area contributed by atoms with Crippen LogP contribution in [0.5, 0.6) is 0 Å². The van der Waals surface area contributed by atoms with Gasteiger partial charge in [0.1, 0.15) is 5.69 Å². The highest BCUT2D eigenvalue weighted by molar-refractivity contribution is 7.24. The van der Waals surface area contributed by atoms with E-state index in [1.807, 2.05) is 42.1 Å². The molecule has 4 rings (SSSR count). The topological polar surface area (TPSA) is 35.1 Å². The molecule has 0 unspecified atom stereocenters. The number of benzene rings is 1. The number of rotatable bonds is 5. The number of nitrogens with zero attached hydrogens (tertiary/aromatic N) is 4. The molecule has 0 saturated carbocycles. The number of thiophene rings is 2. The van der Waals surface area contributed by atoms with Crippen molar-refractivity contribution in [2.45, 2.75) is 13.5 Å². The Labute approximate surface area is 165 Å². The van der Waals surface area contributed by atoms with Gasteiger partial charge in [-0.15, -0.1) is 27.8 Å². The predicted molar refractivity (Wildman–Crippen MR) is 112 cm³/mol. The molecular formula is C21H16N4S2. The zero-order valence-electron chi connectivity index (χ0n) is 14.7. The molecule has 6 heteroatoms. The van der Waals surface area contributed by atoms with Crippen LogP contribution in [0.1, 0.15) is 17.4 Å². The standard InChI is InChI=1S/C21H16N4S2/c1-15(22-2)12-17-8-9-20(26-17)21-11-10-19(27-21)18-14-25(24-23-18)13-16-6-4-3-5-7-16/h3-12,14H,13H2,1H3/b15-12-. The summed E-state index contributed by atoms with van der Waals surface area (Å²) in [6.07, 6.45) is 3.91. The largest absolute Gasteiger partial charge is 0.247 e. The molecule has 3 heterocycles. The van der Waals surface area contributed by atoms with E-state index in [1.165, 1.54) is 15.3 Å². The minimum Gasteiger partial charge on any atom is -0.247 e. The fourth-order valence-corrected chi connectivity index (χ4v) is 4.72. The molecule has 0 atom stereocenters. The maximum Gasteiger partial charge on any atom is 0.163 e. The van der Waals surface area contributed by atoms with E-state index in [4.69, 9.17) is 6.57 Å². The zero-order chi connectivity index (χ0) is 18.6. The Balaban J connectivity index is 1.53. The van der Waals surface area contributed by atoms with Gasteiger partial charge in [0.2, 0.25) is 0 Å². The third-order valence-corrected chi connectivity index (χ3v) is 6.32. The highest BCUT2D eigenvalue weighted by Gasteiger charge is 2.10. The summed E-state index contributed by atoms with van der Waals surface area (Å²) in [5.41, 5.74) is 2.79. The fourth-order valence-electron chi connectivity index (χ4n) is 2.67. The molecule has 0 fully saturated rings. The van der Waals surface area contributed by atoms with Crippen LogP contribution in [-0.2, 0) is 6.54 Å². The van der Waals surface area contributed by atoms with Crippen molar-refractivity contribution in [1.82, 2.24) is 15.0 Å². The van der Waals surface area contributed by atoms with E-state index >= 15 is 0 Å². The Morgan fingerprint density at radius 1 is 1.04 bits per heavy atom. The lowest BCUT2D eigenvalue weighted by Crippen LogP contribution is -1.99. The van der Waals surface area contributed by atoms with E-state index in [0.29, 0.717) is 12.2 Å². The zero-order valence-corrected chi connectivity index (χ0v) is 16.3. The molecule has 4 nitrogen and oxygen atoms in total. The molecule has 0 saturated heterocycles. The van der Waals surface area contributed by atoms with Gasteiger partial charge in [0.25, 0.3) is 0 Å². The van der Waals surface area contributed by atoms with Crippen molar-refractivity contribution < 1.29 is 0 Å². The summed E-state index contributed by atoms with van der Waals surface area (Å²) >= 11 is 3.40. The molecule has 0 amide bonds. The summed E-state index contributed by atoms with van der Waals surface area (Å²) in [6.45, 7) is 9.59. The van der Waals surface area contributed by atoms with Crippen LogP contribution in [0.2, 0.25) is 0 Å². The van der Waals surface area contributed by atoms with Crippen LogP contribution in [0, 0.1) is 6.57 Å². The average Bonchev–Trinajstić information content (AvgIpc) is 3.42. The summed E-state index contributed by atoms with van der Waals surface area (Å²) < 4.78 is 1.87. The van der Waals surface area contributed by atoms with Gasteiger partial charge < -0.3 is 0 Å². The Morgan fingerprint density at radius 3 is 2.59 bits per heavy atom. The maximum absolute atomic E-state index is 7.05. The molecule has 132 valence electrons. The van der Waals surface area contributed by atoms with Gasteiger partial charge in [-0.3, -0.25) is 0 Å². The Kier molecular flexibility index (Phi) is 4.97. The van der Waals surface area contributed by atoms with Gasteiger partial charge in [0.05, 0.1) is 24.2 Å². The molecule has 1 aromatic carbocycles. The fraction of sp³-hybridized carbons (Fsp3) is 0.0952. The highest BCUT2D eigenvalue weighted by atomic mass is 32.1. The third-order valence-electron chi connectivity index (χ3n) is 3.98. The van der Waals surface area contributed by atoms with E-state index < -0.39 is 0 Å². The second-order valence-electron chi connectivity index (χ2n) is 6.05. The maximum atomic E-state index is 7.05. The van der Waals surface area contributed by atoms with Crippen molar-refractivity contribution in [3.8, 4) is 20.3 Å². The van der Waals surface area contributed by atoms with Gasteiger partial charge in [0.15, 0.2) is 5.70 Å². The van der Waals surface area contributed by atoms with Crippen LogP contribution in [-0.4, -0.2) is 15.0 Å². The van der Waals surface area contributed by atoms with Crippen LogP contribution >= 0.6 is 22.7 Å². The van der Waals surface area contributed by atoms with Crippen molar-refractivity contribution in [3.05, 3.63) is 88.3 Å². The van der Waals surface area contributed by atoms with Gasteiger partial charge in [-0.05, 0) is 42.8 Å². The van der Waals surface area contributed by atoms with Crippen molar-refractivity contribution in [2.24, 2.45) is 0 Å². The second-order valence-corrected chi connectivity index (χ2v) is 8.25. The smallest absolute Gasteiger partial charge is 0.163 e. The summed E-state index contributed by atoms with van der Waals surface area (Å²) in [7, 11) is 0. The van der Waals surface area contributed by atoms with Crippen LogP contribution in [0.4, 0.5) is 0 Å². The van der Waals surface area contributed by atoms with E-state index in [9.17, 15) is 0 Å². The first-order chi connectivity index (χ1) is 13.2. The Hall–Kier alpha value is -3.01. The predicted octanol–water partition coefficient (Wildman–Crippen LogP) is 6.06. The summed E-state index contributed by atoms with van der Waals surface area (Å²) in [6, 6.07) is 18.6. The molecule has 0 N–H and O–H groups in total. The van der Waals surface area contributed by atoms with Gasteiger partial charge >= 0.3 is 0 Å². The lowest BCUT2D eigenvalue weighted by atomic mass is 10.2. The van der Waals surface area contributed by atoms with E-state index in [0.717, 1.165) is 15.4 Å². The Bertz CT molecular complexity index is 1130. The first kappa shape index (κ1) is 17.4. The van der Waals surface area contributed by atoms with Gasteiger partial charge in [-0.25, -0.2) is 9.53 Å². The monoisotopic (exact) mass is 388 g/mol. The Morgan fingerprint density at radius 2 is 1.78 bits per heavy atom. The number of allylic oxidation sites excluding steroid dienone is 1. The average molecular weight is 389 g/mol. The summed E-state index contributed by atoms with van der Waals surface area (Å²) in [5, 5.41) is 8.59. The number of hydrogen-bond donors (Lipinski definition) is 0. The van der Waals surface area contributed by atoms with Crippen molar-refractivity contribution in [1.29, 1.82) is 0 Å². The van der Waals surface area contributed by atoms with E-state index in [-0.39, 0.29) is 0 Å². The van der Waals surface area contributed by atoms with Crippen LogP contribution < -0.4 is 0 Å². The molecule has 0 aliphatic rings. The number of hydrogen-bond acceptors (Lipinski definition) is 4. The molecule has 0 spiro atoms. The van der Waals surface area contributed by atoms with E-state index in [1.54, 1.807) is 22.7 Å². The van der Waals surface area contributed by atoms with Crippen LogP contribution in [0.25, 0.3) is 31.2 Å². The second kappa shape index (κ2) is 7.70. The highest BCUT2D eigenvalue weighted by Crippen LogP contribution is 2.37. The van der Waals surface area contributed by atoms with E-state index in [2.05, 4.69) is 51.6 Å². The van der Waals surface area contributed by atoms with Gasteiger partial charge in [-0.1, -0.05) is 35.5 Å². The van der Waals surface area contributed by atoms with Gasteiger partial charge in [-0.2, -0.15) is 0 Å². The molecule has 3 aromatic heterocycles. The lowest BCUT2D eigenvalue weighted by molar-refractivity contribution is 0.650. The first-order valence-electron chi connectivity index (χ1n) is 8.41. The summed E-state index contributed by atoms with van der Waals surface area (Å²) in [4.78, 5) is 8.05. The normalized spacial score (nSPS) is 11.5. The molecular weight excluding hydrogens is 372 g/mol. The third kappa shape index (κ3) is 4.05. The van der Waals surface area contributed by atoms with Crippen molar-refractivity contribution in [3.63, 3.8) is 0 Å². The molecule has 0 aliphatic heterocycles. The van der Waals surface area contributed by atoms with Crippen LogP contribution in [0.15, 0.2) is 66.5 Å². The molecule has 27 heavy (non-hydrogen) atoms. The summed E-state index contributed by atoms with van der Waals surface area (Å²) in [5.74, 6) is 0. The molecule has 0 aliphatic carbocycles. The van der Waals surface area contributed by atoms with Crippen LogP contribution in [0.3, 0.4) is 0 Å². The minimum absolute atomic E-state index is 0.699. The molecule has 0 radical (unpaired) electrons. The quantitative estimate of drug-likeness (QED) is 0.389. The minimum atomic E-state index is 0.699.